The number of hydrogen-bond acceptors (Lipinski definition) is 8. The molecule has 1 amide bonds. The molecule has 0 spiro atoms. The maximum atomic E-state index is 12.7. The molecule has 3 unspecified atom stereocenters. The van der Waals surface area contributed by atoms with Crippen molar-refractivity contribution in [2.24, 2.45) is 0 Å². The molecule has 31 heavy (non-hydrogen) atoms. The molecule has 1 saturated heterocycles. The molecule has 1 aliphatic heterocycles. The molecule has 0 saturated carbocycles. The van der Waals surface area contributed by atoms with Gasteiger partial charge in [0, 0.05) is 6.42 Å². The summed E-state index contributed by atoms with van der Waals surface area (Å²) in [5.74, 6) is -2.41. The quantitative estimate of drug-likeness (QED) is 0.297. The molecule has 0 radical (unpaired) electrons. The lowest BCUT2D eigenvalue weighted by Gasteiger charge is -2.12. The summed E-state index contributed by atoms with van der Waals surface area (Å²) in [5.41, 5.74) is 0.821. The number of rotatable bonds is 11. The Morgan fingerprint density at radius 3 is 2.65 bits per heavy atom. The second kappa shape index (κ2) is 13.1. The second-order valence-corrected chi connectivity index (χ2v) is 8.69. The Morgan fingerprint density at radius 1 is 1.26 bits per heavy atom. The average Bonchev–Trinajstić information content (AvgIpc) is 3.31. The highest BCUT2D eigenvalue weighted by atomic mass is 31.1. The van der Waals surface area contributed by atoms with Crippen molar-refractivity contribution in [1.82, 2.24) is 10.6 Å². The van der Waals surface area contributed by atoms with Gasteiger partial charge in [0.05, 0.1) is 0 Å². The topological polar surface area (TPSA) is 120 Å². The van der Waals surface area contributed by atoms with Gasteiger partial charge < -0.3 is 14.8 Å². The Morgan fingerprint density at radius 2 is 2.00 bits per heavy atom. The predicted octanol–water partition coefficient (Wildman–Crippen LogP) is 3.40. The number of carbonyl (C=O) groups is 3. The predicted molar refractivity (Wildman–Crippen MR) is 113 cm³/mol. The van der Waals surface area contributed by atoms with Gasteiger partial charge in [-0.2, -0.15) is 0 Å². The van der Waals surface area contributed by atoms with E-state index >= 15 is 0 Å². The minimum Gasteiger partial charge on any atom is -0.445 e. The van der Waals surface area contributed by atoms with Crippen LogP contribution in [0.15, 0.2) is 30.3 Å². The minimum atomic E-state index is -2.45. The average molecular weight is 453 g/mol. The van der Waals surface area contributed by atoms with Crippen LogP contribution >= 0.6 is 8.03 Å². The van der Waals surface area contributed by atoms with Gasteiger partial charge in [0.25, 0.3) is 5.78 Å². The fourth-order valence-corrected chi connectivity index (χ4v) is 4.09. The molecule has 1 aromatic carbocycles. The van der Waals surface area contributed by atoms with Crippen molar-refractivity contribution in [1.29, 1.82) is 0 Å². The molecule has 1 aliphatic rings. The van der Waals surface area contributed by atoms with Crippen LogP contribution in [0.2, 0.25) is 0 Å². The van der Waals surface area contributed by atoms with Crippen LogP contribution in [-0.4, -0.2) is 42.5 Å². The molecule has 9 nitrogen and oxygen atoms in total. The van der Waals surface area contributed by atoms with E-state index in [1.165, 1.54) is 6.92 Å². The highest BCUT2D eigenvalue weighted by molar-refractivity contribution is 7.40. The van der Waals surface area contributed by atoms with E-state index < -0.39 is 44.0 Å². The number of carbonyl (C=O) groups excluding carboxylic acids is 3. The third-order valence-corrected chi connectivity index (χ3v) is 6.14. The van der Waals surface area contributed by atoms with Crippen molar-refractivity contribution in [3.8, 4) is 0 Å². The Balaban J connectivity index is 1.84. The van der Waals surface area contributed by atoms with Gasteiger partial charge in [0.15, 0.2) is 0 Å². The molecule has 2 rings (SSSR count). The lowest BCUT2D eigenvalue weighted by molar-refractivity contribution is -0.165. The fourth-order valence-electron chi connectivity index (χ4n) is 2.94. The van der Waals surface area contributed by atoms with Gasteiger partial charge in [0.1, 0.15) is 12.6 Å². The number of alkyl carbamates (subject to hydrolysis) is 1. The molecule has 1 heterocycles. The molecule has 0 aromatic heterocycles. The summed E-state index contributed by atoms with van der Waals surface area (Å²) in [7, 11) is -2.45. The summed E-state index contributed by atoms with van der Waals surface area (Å²) < 4.78 is 28.0. The largest absolute Gasteiger partial charge is 0.534 e. The first-order valence-corrected chi connectivity index (χ1v) is 11.7. The molecular formula is C21H30N2O7P+. The molecule has 1 fully saturated rings. The van der Waals surface area contributed by atoms with E-state index in [9.17, 15) is 18.9 Å². The molecule has 4 atom stereocenters. The fraction of sp³-hybridized carbons (Fsp3) is 0.571. The zero-order valence-electron chi connectivity index (χ0n) is 17.9. The third kappa shape index (κ3) is 8.73. The van der Waals surface area contributed by atoms with E-state index in [1.54, 1.807) is 0 Å². The maximum absolute atomic E-state index is 12.7. The van der Waals surface area contributed by atoms with Crippen molar-refractivity contribution in [2.45, 2.75) is 70.5 Å². The van der Waals surface area contributed by atoms with Gasteiger partial charge in [-0.1, -0.05) is 43.7 Å². The number of hydrogen-bond donors (Lipinski definition) is 2. The Hall–Kier alpha value is -2.35. The van der Waals surface area contributed by atoms with Crippen LogP contribution < -0.4 is 10.6 Å². The van der Waals surface area contributed by atoms with Crippen molar-refractivity contribution in [3.63, 3.8) is 0 Å². The molecule has 170 valence electrons. The Kier molecular flexibility index (Phi) is 10.6. The Bertz CT molecular complexity index is 753. The van der Waals surface area contributed by atoms with Crippen LogP contribution in [0.5, 0.6) is 0 Å². The van der Waals surface area contributed by atoms with E-state index in [1.807, 2.05) is 37.3 Å². The molecular weight excluding hydrogens is 423 g/mol. The first-order valence-electron chi connectivity index (χ1n) is 10.5. The summed E-state index contributed by atoms with van der Waals surface area (Å²) in [6.45, 7) is 4.08. The molecule has 0 aliphatic carbocycles. The van der Waals surface area contributed by atoms with Crippen molar-refractivity contribution in [3.05, 3.63) is 35.9 Å². The highest BCUT2D eigenvalue weighted by Crippen LogP contribution is 2.33. The van der Waals surface area contributed by atoms with Gasteiger partial charge in [-0.25, -0.2) is 14.4 Å². The van der Waals surface area contributed by atoms with Crippen molar-refractivity contribution in [2.75, 3.05) is 6.54 Å². The van der Waals surface area contributed by atoms with E-state index in [0.717, 1.165) is 18.4 Å². The van der Waals surface area contributed by atoms with Crippen molar-refractivity contribution >= 4 is 26.1 Å². The molecule has 0 bridgehead atoms. The summed E-state index contributed by atoms with van der Waals surface area (Å²) >= 11 is 0. The van der Waals surface area contributed by atoms with E-state index in [-0.39, 0.29) is 6.61 Å². The van der Waals surface area contributed by atoms with Crippen LogP contribution in [0.1, 0.15) is 51.5 Å². The number of benzene rings is 1. The van der Waals surface area contributed by atoms with Crippen LogP contribution in [-0.2, 0) is 34.8 Å². The summed E-state index contributed by atoms with van der Waals surface area (Å²) in [5, 5.41) is 5.49. The number of unbranched alkanes of at least 4 members (excludes halogenated alkanes) is 1. The Labute approximate surface area is 183 Å². The maximum Gasteiger partial charge on any atom is 0.534 e. The number of ether oxygens (including phenoxy) is 2. The second-order valence-electron chi connectivity index (χ2n) is 7.29. The van der Waals surface area contributed by atoms with Gasteiger partial charge in [0.2, 0.25) is 6.10 Å². The third-order valence-electron chi connectivity index (χ3n) is 4.72. The van der Waals surface area contributed by atoms with Gasteiger partial charge in [-0.15, -0.1) is 4.52 Å². The molecule has 10 heteroatoms. The standard InChI is InChI=1S/C21H29N2O7P/c1-3-4-12-18(23-21(26)28-14-16-9-6-5-7-10-16)31(27)30-15(2)19(24)29-20(25)17-11-8-13-22-17/h5-7,9-10,15,17-18,22H,3-4,8,11-14H2,1-2H3/p+1/t15?,17-,18?/m0/s1. The SMILES string of the molecule is CCCCC(NC(=O)OCc1ccccc1)[P+](=O)OC(C)C(=O)OC(=O)[C@@H]1CCCN1. The summed E-state index contributed by atoms with van der Waals surface area (Å²) in [6, 6.07) is 8.65. The van der Waals surface area contributed by atoms with Gasteiger partial charge >= 0.3 is 26.1 Å². The number of esters is 2. The minimum absolute atomic E-state index is 0.0743. The summed E-state index contributed by atoms with van der Waals surface area (Å²) in [6.07, 6.45) is 1.38. The summed E-state index contributed by atoms with van der Waals surface area (Å²) in [4.78, 5) is 36.2. The van der Waals surface area contributed by atoms with Crippen LogP contribution in [0.3, 0.4) is 0 Å². The number of nitrogens with one attached hydrogen (secondary N) is 2. The van der Waals surface area contributed by atoms with Gasteiger partial charge in [-0.05, 0) is 42.9 Å². The van der Waals surface area contributed by atoms with Crippen LogP contribution in [0, 0.1) is 0 Å². The van der Waals surface area contributed by atoms with Crippen molar-refractivity contribution < 1.29 is 32.9 Å². The van der Waals surface area contributed by atoms with E-state index in [4.69, 9.17) is 14.0 Å². The van der Waals surface area contributed by atoms with E-state index in [2.05, 4.69) is 10.6 Å². The highest BCUT2D eigenvalue weighted by Gasteiger charge is 2.39. The zero-order valence-corrected chi connectivity index (χ0v) is 18.8. The first kappa shape index (κ1) is 24.9. The lowest BCUT2D eigenvalue weighted by Crippen LogP contribution is -2.37. The van der Waals surface area contributed by atoms with Crippen LogP contribution in [0.4, 0.5) is 4.79 Å². The molecule has 1 aromatic rings. The smallest absolute Gasteiger partial charge is 0.445 e. The normalized spacial score (nSPS) is 18.0. The molecule has 2 N–H and O–H groups in total. The zero-order chi connectivity index (χ0) is 22.6. The monoisotopic (exact) mass is 453 g/mol. The lowest BCUT2D eigenvalue weighted by atomic mass is 10.2. The first-order chi connectivity index (χ1) is 14.9. The van der Waals surface area contributed by atoms with Crippen LogP contribution in [0.25, 0.3) is 0 Å². The van der Waals surface area contributed by atoms with E-state index in [0.29, 0.717) is 25.8 Å². The van der Waals surface area contributed by atoms with Gasteiger partial charge in [-0.3, -0.25) is 5.32 Å². The number of amides is 1.